The highest BCUT2D eigenvalue weighted by atomic mass is 35.5. The van der Waals surface area contributed by atoms with Gasteiger partial charge >= 0.3 is 6.61 Å². The fraction of sp³-hybridized carbons (Fsp3) is 0.528. The standard InChI is InChI=1S/C36H43ClF2N6O3/c1-23-32(34-40-18-9-19-45(34)42-23)35(47)41-29-21-44(43-33(29)28-20-27(37)16-17-31(28)48-36(38)39)22-30(46)26-13-7-6-12-24-10-4-2-3-5-11-25(24)14-8-15-26/h9,16-21,24-26,36H,2-8,10-15,22H2,1H3,(H,41,47). The van der Waals surface area contributed by atoms with Crippen molar-refractivity contribution >= 4 is 34.6 Å². The maximum absolute atomic E-state index is 13.8. The number of aromatic nitrogens is 5. The number of alkyl halides is 2. The highest BCUT2D eigenvalue weighted by molar-refractivity contribution is 6.31. The molecule has 2 saturated carbocycles. The summed E-state index contributed by atoms with van der Waals surface area (Å²) in [6.07, 6.45) is 20.1. The summed E-state index contributed by atoms with van der Waals surface area (Å²) in [7, 11) is 0. The number of amides is 1. The van der Waals surface area contributed by atoms with Crippen molar-refractivity contribution in [1.82, 2.24) is 24.4 Å². The summed E-state index contributed by atoms with van der Waals surface area (Å²) in [4.78, 5) is 31.8. The van der Waals surface area contributed by atoms with E-state index in [0.29, 0.717) is 11.3 Å². The van der Waals surface area contributed by atoms with Gasteiger partial charge in [-0.05, 0) is 55.9 Å². The van der Waals surface area contributed by atoms with Crippen LogP contribution in [0.25, 0.3) is 16.9 Å². The number of nitrogens with zero attached hydrogens (tertiary/aromatic N) is 5. The number of benzene rings is 1. The van der Waals surface area contributed by atoms with Crippen molar-refractivity contribution in [2.24, 2.45) is 17.8 Å². The summed E-state index contributed by atoms with van der Waals surface area (Å²) < 4.78 is 34.6. The molecule has 0 bridgehead atoms. The number of ketones is 1. The number of carbonyl (C=O) groups is 2. The lowest BCUT2D eigenvalue weighted by Gasteiger charge is -2.31. The molecule has 256 valence electrons. The molecule has 2 aliphatic carbocycles. The van der Waals surface area contributed by atoms with Gasteiger partial charge in [0, 0.05) is 35.1 Å². The van der Waals surface area contributed by atoms with Crippen LogP contribution in [-0.4, -0.2) is 42.7 Å². The predicted molar refractivity (Wildman–Crippen MR) is 180 cm³/mol. The molecule has 2 aliphatic rings. The predicted octanol–water partition coefficient (Wildman–Crippen LogP) is 8.92. The van der Waals surface area contributed by atoms with Gasteiger partial charge < -0.3 is 10.1 Å². The molecule has 4 aromatic rings. The molecule has 9 nitrogen and oxygen atoms in total. The largest absolute Gasteiger partial charge is 0.434 e. The Morgan fingerprint density at radius 1 is 0.979 bits per heavy atom. The molecule has 0 aliphatic heterocycles. The van der Waals surface area contributed by atoms with E-state index in [1.165, 1.54) is 78.8 Å². The number of carbonyl (C=O) groups excluding carboxylic acids is 2. The van der Waals surface area contributed by atoms with Gasteiger partial charge in [-0.25, -0.2) is 9.50 Å². The van der Waals surface area contributed by atoms with E-state index in [-0.39, 0.29) is 51.5 Å². The van der Waals surface area contributed by atoms with Gasteiger partial charge in [-0.1, -0.05) is 82.2 Å². The monoisotopic (exact) mass is 680 g/mol. The number of halogens is 3. The van der Waals surface area contributed by atoms with E-state index in [1.807, 2.05) is 0 Å². The summed E-state index contributed by atoms with van der Waals surface area (Å²) in [5.74, 6) is 0.904. The van der Waals surface area contributed by atoms with Gasteiger partial charge in [0.15, 0.2) is 11.4 Å². The maximum atomic E-state index is 13.8. The van der Waals surface area contributed by atoms with Gasteiger partial charge in [0.2, 0.25) is 0 Å². The van der Waals surface area contributed by atoms with E-state index in [4.69, 9.17) is 16.3 Å². The number of fused-ring (bicyclic) bond motifs is 2. The van der Waals surface area contributed by atoms with Crippen molar-refractivity contribution in [3.8, 4) is 17.0 Å². The Morgan fingerprint density at radius 3 is 2.42 bits per heavy atom. The SMILES string of the molecule is Cc1nn2cccnc2c1C(=O)Nc1cn(CC(=O)C2CCCCC3CCCCCCC3CCC2)nc1-c1cc(Cl)ccc1OC(F)F. The molecule has 3 aromatic heterocycles. The van der Waals surface area contributed by atoms with Crippen LogP contribution in [0.15, 0.2) is 42.9 Å². The van der Waals surface area contributed by atoms with Crippen molar-refractivity contribution in [3.05, 3.63) is 59.1 Å². The molecule has 48 heavy (non-hydrogen) atoms. The van der Waals surface area contributed by atoms with Gasteiger partial charge in [-0.2, -0.15) is 19.0 Å². The summed E-state index contributed by atoms with van der Waals surface area (Å²) >= 11 is 6.30. The third-order valence-corrected chi connectivity index (χ3v) is 10.3. The number of ether oxygens (including phenoxy) is 1. The number of hydrogen-bond donors (Lipinski definition) is 1. The fourth-order valence-corrected chi connectivity index (χ4v) is 7.88. The normalized spacial score (nSPS) is 20.9. The average molecular weight is 681 g/mol. The van der Waals surface area contributed by atoms with Crippen LogP contribution in [0.5, 0.6) is 5.75 Å². The van der Waals surface area contributed by atoms with E-state index < -0.39 is 12.5 Å². The molecule has 0 spiro atoms. The van der Waals surface area contributed by atoms with Gasteiger partial charge in [0.05, 0.1) is 17.9 Å². The van der Waals surface area contributed by atoms with Crippen LogP contribution >= 0.6 is 11.6 Å². The van der Waals surface area contributed by atoms with Gasteiger partial charge in [0.1, 0.15) is 17.0 Å². The third kappa shape index (κ3) is 8.05. The lowest BCUT2D eigenvalue weighted by atomic mass is 9.75. The Labute approximate surface area is 284 Å². The topological polar surface area (TPSA) is 103 Å². The Kier molecular flexibility index (Phi) is 11.0. The fourth-order valence-electron chi connectivity index (χ4n) is 7.70. The van der Waals surface area contributed by atoms with Crippen molar-refractivity contribution in [3.63, 3.8) is 0 Å². The number of aryl methyl sites for hydroxylation is 1. The molecule has 0 radical (unpaired) electrons. The number of rotatable bonds is 8. The van der Waals surface area contributed by atoms with Crippen LogP contribution in [0.4, 0.5) is 14.5 Å². The Morgan fingerprint density at radius 2 is 1.67 bits per heavy atom. The number of Topliss-reactive ketones (excluding diaryl/α,β-unsaturated/α-hetero) is 1. The molecule has 3 heterocycles. The third-order valence-electron chi connectivity index (χ3n) is 10.1. The maximum Gasteiger partial charge on any atom is 0.387 e. The van der Waals surface area contributed by atoms with E-state index in [1.54, 1.807) is 31.6 Å². The summed E-state index contributed by atoms with van der Waals surface area (Å²) in [5.41, 5.74) is 1.60. The van der Waals surface area contributed by atoms with Crippen LogP contribution in [0.2, 0.25) is 5.02 Å². The molecule has 1 N–H and O–H groups in total. The van der Waals surface area contributed by atoms with Crippen LogP contribution < -0.4 is 10.1 Å². The Hall–Kier alpha value is -3.86. The minimum Gasteiger partial charge on any atom is -0.434 e. The van der Waals surface area contributed by atoms with E-state index >= 15 is 0 Å². The van der Waals surface area contributed by atoms with Gasteiger partial charge in [-0.3, -0.25) is 14.3 Å². The van der Waals surface area contributed by atoms with Gasteiger partial charge in [-0.15, -0.1) is 0 Å². The Balaban J connectivity index is 1.26. The molecular weight excluding hydrogens is 638 g/mol. The second kappa shape index (κ2) is 15.6. The quantitative estimate of drug-likeness (QED) is 0.199. The molecule has 2 fully saturated rings. The van der Waals surface area contributed by atoms with Crippen LogP contribution in [0.3, 0.4) is 0 Å². The first-order valence-corrected chi connectivity index (χ1v) is 17.6. The highest BCUT2D eigenvalue weighted by Crippen LogP contribution is 2.39. The average Bonchev–Trinajstić information content (AvgIpc) is 3.59. The van der Waals surface area contributed by atoms with Crippen molar-refractivity contribution < 1.29 is 23.1 Å². The number of anilines is 1. The molecule has 1 aromatic carbocycles. The first-order valence-electron chi connectivity index (χ1n) is 17.2. The molecule has 3 atom stereocenters. The van der Waals surface area contributed by atoms with Crippen molar-refractivity contribution in [2.45, 2.75) is 104 Å². The lowest BCUT2D eigenvalue weighted by Crippen LogP contribution is -2.23. The first-order chi connectivity index (χ1) is 23.3. The molecule has 1 amide bonds. The zero-order valence-corrected chi connectivity index (χ0v) is 28.1. The number of nitrogens with one attached hydrogen (secondary N) is 1. The summed E-state index contributed by atoms with van der Waals surface area (Å²) in [5, 5.41) is 12.2. The second-order valence-electron chi connectivity index (χ2n) is 13.3. The minimum atomic E-state index is -3.09. The van der Waals surface area contributed by atoms with E-state index in [0.717, 1.165) is 43.9 Å². The summed E-state index contributed by atoms with van der Waals surface area (Å²) in [6, 6.07) is 5.93. The van der Waals surface area contributed by atoms with Gasteiger partial charge in [0.25, 0.3) is 5.91 Å². The molecule has 6 rings (SSSR count). The number of hydrogen-bond acceptors (Lipinski definition) is 6. The first kappa shape index (κ1) is 34.0. The minimum absolute atomic E-state index is 0.0114. The van der Waals surface area contributed by atoms with Crippen molar-refractivity contribution in [1.29, 1.82) is 0 Å². The lowest BCUT2D eigenvalue weighted by molar-refractivity contribution is -0.124. The second-order valence-corrected chi connectivity index (χ2v) is 13.7. The summed E-state index contributed by atoms with van der Waals surface area (Å²) in [6.45, 7) is -1.40. The van der Waals surface area contributed by atoms with Crippen LogP contribution in [0.1, 0.15) is 99.5 Å². The zero-order chi connectivity index (χ0) is 33.6. The van der Waals surface area contributed by atoms with E-state index in [2.05, 4.69) is 20.5 Å². The van der Waals surface area contributed by atoms with E-state index in [9.17, 15) is 18.4 Å². The zero-order valence-electron chi connectivity index (χ0n) is 27.3. The molecule has 3 unspecified atom stereocenters. The smallest absolute Gasteiger partial charge is 0.387 e. The molecule has 0 saturated heterocycles. The Bertz CT molecular complexity index is 1740. The highest BCUT2D eigenvalue weighted by Gasteiger charge is 2.28. The van der Waals surface area contributed by atoms with Crippen LogP contribution in [0, 0.1) is 24.7 Å². The molecule has 12 heteroatoms. The van der Waals surface area contributed by atoms with Crippen molar-refractivity contribution in [2.75, 3.05) is 5.32 Å². The van der Waals surface area contributed by atoms with Crippen LogP contribution in [-0.2, 0) is 11.3 Å². The molecular formula is C36H43ClF2N6O3.